The zero-order valence-corrected chi connectivity index (χ0v) is 11.8. The van der Waals surface area contributed by atoms with E-state index in [1.807, 2.05) is 6.07 Å². The van der Waals surface area contributed by atoms with Gasteiger partial charge in [0.25, 0.3) is 0 Å². The van der Waals surface area contributed by atoms with E-state index < -0.39 is 0 Å². The fourth-order valence-corrected chi connectivity index (χ4v) is 3.61. The molecule has 2 aliphatic rings. The third-order valence-electron chi connectivity index (χ3n) is 4.15. The number of allylic oxidation sites excluding steroid dienone is 2. The molecule has 0 spiro atoms. The van der Waals surface area contributed by atoms with Crippen molar-refractivity contribution < 1.29 is 4.39 Å². The first-order chi connectivity index (χ1) is 8.72. The molecule has 18 heavy (non-hydrogen) atoms. The fraction of sp³-hybridized carbons (Fsp3) is 0.467. The average Bonchev–Trinajstić information content (AvgIpc) is 2.96. The lowest BCUT2D eigenvalue weighted by Crippen LogP contribution is -2.25. The second kappa shape index (κ2) is 5.14. The Balaban J connectivity index is 1.53. The van der Waals surface area contributed by atoms with Gasteiger partial charge >= 0.3 is 0 Å². The van der Waals surface area contributed by atoms with E-state index in [0.717, 1.165) is 34.3 Å². The van der Waals surface area contributed by atoms with Crippen molar-refractivity contribution in [3.05, 3.63) is 46.2 Å². The summed E-state index contributed by atoms with van der Waals surface area (Å²) in [5, 5.41) is 3.40. The van der Waals surface area contributed by atoms with Gasteiger partial charge in [-0.05, 0) is 55.3 Å². The molecule has 1 N–H and O–H groups in total. The maximum absolute atomic E-state index is 13.5. The smallest absolute Gasteiger partial charge is 0.127 e. The summed E-state index contributed by atoms with van der Waals surface area (Å²) in [7, 11) is 0. The largest absolute Gasteiger partial charge is 0.312 e. The number of hydrogen-bond donors (Lipinski definition) is 1. The first kappa shape index (κ1) is 12.4. The Kier molecular flexibility index (Phi) is 3.53. The highest BCUT2D eigenvalue weighted by atomic mass is 79.9. The number of halogens is 2. The van der Waals surface area contributed by atoms with Crippen LogP contribution in [0, 0.1) is 23.6 Å². The van der Waals surface area contributed by atoms with Crippen LogP contribution in [-0.4, -0.2) is 6.54 Å². The van der Waals surface area contributed by atoms with E-state index in [-0.39, 0.29) is 5.82 Å². The highest BCUT2D eigenvalue weighted by Gasteiger charge is 2.34. The van der Waals surface area contributed by atoms with Crippen LogP contribution in [0.5, 0.6) is 0 Å². The van der Waals surface area contributed by atoms with E-state index in [0.29, 0.717) is 6.54 Å². The topological polar surface area (TPSA) is 12.0 Å². The summed E-state index contributed by atoms with van der Waals surface area (Å²) < 4.78 is 14.5. The highest BCUT2D eigenvalue weighted by molar-refractivity contribution is 9.10. The molecule has 0 aromatic heterocycles. The van der Waals surface area contributed by atoms with Crippen LogP contribution in [0.2, 0.25) is 0 Å². The van der Waals surface area contributed by atoms with Crippen molar-refractivity contribution in [2.24, 2.45) is 17.8 Å². The molecular formula is C15H17BrFN. The van der Waals surface area contributed by atoms with Gasteiger partial charge in [-0.3, -0.25) is 0 Å². The Labute approximate surface area is 116 Å². The van der Waals surface area contributed by atoms with Crippen LogP contribution in [0.15, 0.2) is 34.8 Å². The molecule has 2 aliphatic carbocycles. The Bertz CT molecular complexity index is 472. The van der Waals surface area contributed by atoms with Gasteiger partial charge < -0.3 is 5.32 Å². The van der Waals surface area contributed by atoms with E-state index >= 15 is 0 Å². The van der Waals surface area contributed by atoms with E-state index in [9.17, 15) is 4.39 Å². The predicted octanol–water partition coefficient (Wildman–Crippen LogP) is 3.89. The van der Waals surface area contributed by atoms with Crippen LogP contribution < -0.4 is 5.32 Å². The van der Waals surface area contributed by atoms with E-state index in [1.165, 1.54) is 18.9 Å². The summed E-state index contributed by atoms with van der Waals surface area (Å²) in [4.78, 5) is 0. The molecular weight excluding hydrogens is 293 g/mol. The molecule has 3 heteroatoms. The molecule has 96 valence electrons. The zero-order chi connectivity index (χ0) is 12.5. The summed E-state index contributed by atoms with van der Waals surface area (Å²) in [6.07, 6.45) is 7.35. The maximum Gasteiger partial charge on any atom is 0.127 e. The average molecular weight is 310 g/mol. The van der Waals surface area contributed by atoms with Gasteiger partial charge in [0.15, 0.2) is 0 Å². The second-order valence-electron chi connectivity index (χ2n) is 5.41. The van der Waals surface area contributed by atoms with Gasteiger partial charge in [0.1, 0.15) is 5.82 Å². The quantitative estimate of drug-likeness (QED) is 0.832. The predicted molar refractivity (Wildman–Crippen MR) is 74.7 cm³/mol. The minimum Gasteiger partial charge on any atom is -0.312 e. The molecule has 3 rings (SSSR count). The highest BCUT2D eigenvalue weighted by Crippen LogP contribution is 2.42. The van der Waals surface area contributed by atoms with Crippen molar-refractivity contribution in [3.8, 4) is 0 Å². The van der Waals surface area contributed by atoms with Gasteiger partial charge in [0, 0.05) is 16.6 Å². The lowest BCUT2D eigenvalue weighted by Gasteiger charge is -2.18. The summed E-state index contributed by atoms with van der Waals surface area (Å²) in [6, 6.07) is 5.10. The molecule has 1 aromatic carbocycles. The van der Waals surface area contributed by atoms with E-state index in [2.05, 4.69) is 33.4 Å². The van der Waals surface area contributed by atoms with Crippen molar-refractivity contribution in [2.45, 2.75) is 19.4 Å². The molecule has 0 radical (unpaired) electrons. The number of benzene rings is 1. The molecule has 2 bridgehead atoms. The maximum atomic E-state index is 13.5. The first-order valence-corrected chi connectivity index (χ1v) is 7.34. The van der Waals surface area contributed by atoms with Crippen molar-refractivity contribution in [3.63, 3.8) is 0 Å². The van der Waals surface area contributed by atoms with Crippen LogP contribution in [0.4, 0.5) is 4.39 Å². The second-order valence-corrected chi connectivity index (χ2v) is 6.32. The summed E-state index contributed by atoms with van der Waals surface area (Å²) >= 11 is 3.38. The van der Waals surface area contributed by atoms with Gasteiger partial charge in [-0.25, -0.2) is 4.39 Å². The Morgan fingerprint density at radius 3 is 2.89 bits per heavy atom. The Morgan fingerprint density at radius 2 is 2.17 bits per heavy atom. The van der Waals surface area contributed by atoms with Gasteiger partial charge in [0.05, 0.1) is 0 Å². The van der Waals surface area contributed by atoms with Gasteiger partial charge in [-0.15, -0.1) is 0 Å². The molecule has 3 unspecified atom stereocenters. The molecule has 0 aliphatic heterocycles. The number of hydrogen-bond acceptors (Lipinski definition) is 1. The lowest BCUT2D eigenvalue weighted by atomic mass is 9.93. The van der Waals surface area contributed by atoms with Crippen molar-refractivity contribution in [2.75, 3.05) is 6.54 Å². The number of rotatable bonds is 4. The van der Waals surface area contributed by atoms with Crippen LogP contribution in [0.25, 0.3) is 0 Å². The summed E-state index contributed by atoms with van der Waals surface area (Å²) in [5.41, 5.74) is 0.739. The van der Waals surface area contributed by atoms with Crippen LogP contribution in [0.1, 0.15) is 18.4 Å². The zero-order valence-electron chi connectivity index (χ0n) is 10.2. The fourth-order valence-electron chi connectivity index (χ4n) is 3.20. The van der Waals surface area contributed by atoms with Gasteiger partial charge in [-0.2, -0.15) is 0 Å². The van der Waals surface area contributed by atoms with Crippen LogP contribution in [-0.2, 0) is 6.54 Å². The standard InChI is InChI=1S/C15H17BrFN/c16-14-3-4-15(17)13(7-14)9-18-8-12-6-10-1-2-11(12)5-10/h1-4,7,10-12,18H,5-6,8-9H2. The minimum atomic E-state index is -0.126. The lowest BCUT2D eigenvalue weighted by molar-refractivity contribution is 0.412. The molecule has 3 atom stereocenters. The SMILES string of the molecule is Fc1ccc(Br)cc1CNCC1CC2C=CC1C2. The minimum absolute atomic E-state index is 0.126. The van der Waals surface area contributed by atoms with Gasteiger partial charge in [0.2, 0.25) is 0 Å². The molecule has 0 heterocycles. The van der Waals surface area contributed by atoms with E-state index in [1.54, 1.807) is 6.07 Å². The molecule has 0 saturated heterocycles. The monoisotopic (exact) mass is 309 g/mol. The van der Waals surface area contributed by atoms with Crippen LogP contribution in [0.3, 0.4) is 0 Å². The van der Waals surface area contributed by atoms with Crippen molar-refractivity contribution in [1.82, 2.24) is 5.32 Å². The molecule has 1 nitrogen and oxygen atoms in total. The molecule has 1 saturated carbocycles. The third-order valence-corrected chi connectivity index (χ3v) is 4.64. The number of nitrogens with one attached hydrogen (secondary N) is 1. The summed E-state index contributed by atoms with van der Waals surface area (Å²) in [6.45, 7) is 1.61. The molecule has 0 amide bonds. The summed E-state index contributed by atoms with van der Waals surface area (Å²) in [5.74, 6) is 2.19. The Hall–Kier alpha value is -0.670. The molecule has 1 aromatic rings. The van der Waals surface area contributed by atoms with E-state index in [4.69, 9.17) is 0 Å². The number of fused-ring (bicyclic) bond motifs is 2. The third kappa shape index (κ3) is 2.52. The first-order valence-electron chi connectivity index (χ1n) is 6.55. The van der Waals surface area contributed by atoms with Crippen molar-refractivity contribution in [1.29, 1.82) is 0 Å². The van der Waals surface area contributed by atoms with Gasteiger partial charge in [-0.1, -0.05) is 28.1 Å². The normalized spacial score (nSPS) is 29.1. The Morgan fingerprint density at radius 1 is 1.28 bits per heavy atom. The van der Waals surface area contributed by atoms with Crippen LogP contribution >= 0.6 is 15.9 Å². The molecule has 1 fully saturated rings. The van der Waals surface area contributed by atoms with Crippen molar-refractivity contribution >= 4 is 15.9 Å².